The molecule has 0 unspecified atom stereocenters. The van der Waals surface area contributed by atoms with E-state index in [1.807, 2.05) is 24.3 Å². The van der Waals surface area contributed by atoms with Crippen LogP contribution in [0.3, 0.4) is 0 Å². The number of halogens is 1. The van der Waals surface area contributed by atoms with Crippen molar-refractivity contribution in [2.75, 3.05) is 13.2 Å². The average molecular weight is 394 g/mol. The second kappa shape index (κ2) is 9.50. The van der Waals surface area contributed by atoms with Crippen LogP contribution in [0.2, 0.25) is 0 Å². The SMILES string of the molecule is CC(=O)Oc1ccc(-c2ccc(C(=O)OCCOc3ccc(F)cc3)cc2)cc1. The molecule has 0 amide bonds. The fourth-order valence-corrected chi connectivity index (χ4v) is 2.59. The minimum Gasteiger partial charge on any atom is -0.490 e. The first-order chi connectivity index (χ1) is 14.0. The summed E-state index contributed by atoms with van der Waals surface area (Å²) in [5, 5.41) is 0. The Hall–Kier alpha value is -3.67. The lowest BCUT2D eigenvalue weighted by Gasteiger charge is -2.08. The average Bonchev–Trinajstić information content (AvgIpc) is 2.72. The van der Waals surface area contributed by atoms with Gasteiger partial charge in [0.25, 0.3) is 0 Å². The number of hydrogen-bond acceptors (Lipinski definition) is 5. The van der Waals surface area contributed by atoms with Crippen molar-refractivity contribution in [2.45, 2.75) is 6.92 Å². The number of carbonyl (C=O) groups excluding carboxylic acids is 2. The third-order valence-electron chi connectivity index (χ3n) is 3.97. The summed E-state index contributed by atoms with van der Waals surface area (Å²) in [5.74, 6) is -0.184. The van der Waals surface area contributed by atoms with E-state index in [2.05, 4.69) is 0 Å². The highest BCUT2D eigenvalue weighted by Crippen LogP contribution is 2.23. The minimum absolute atomic E-state index is 0.0789. The third-order valence-corrected chi connectivity index (χ3v) is 3.97. The zero-order valence-corrected chi connectivity index (χ0v) is 15.8. The summed E-state index contributed by atoms with van der Waals surface area (Å²) in [6.45, 7) is 1.60. The lowest BCUT2D eigenvalue weighted by atomic mass is 10.0. The first kappa shape index (κ1) is 20.1. The van der Waals surface area contributed by atoms with Crippen LogP contribution >= 0.6 is 0 Å². The fourth-order valence-electron chi connectivity index (χ4n) is 2.59. The highest BCUT2D eigenvalue weighted by Gasteiger charge is 2.08. The van der Waals surface area contributed by atoms with E-state index in [0.717, 1.165) is 11.1 Å². The molecular weight excluding hydrogens is 375 g/mol. The molecule has 3 rings (SSSR count). The van der Waals surface area contributed by atoms with E-state index in [-0.39, 0.29) is 25.0 Å². The molecule has 0 radical (unpaired) electrons. The van der Waals surface area contributed by atoms with Gasteiger partial charge in [-0.25, -0.2) is 9.18 Å². The molecule has 29 heavy (non-hydrogen) atoms. The highest BCUT2D eigenvalue weighted by molar-refractivity contribution is 5.90. The molecule has 0 bridgehead atoms. The van der Waals surface area contributed by atoms with Crippen LogP contribution in [0.15, 0.2) is 72.8 Å². The number of carbonyl (C=O) groups is 2. The summed E-state index contributed by atoms with van der Waals surface area (Å²) in [6.07, 6.45) is 0. The van der Waals surface area contributed by atoms with Gasteiger partial charge in [-0.1, -0.05) is 24.3 Å². The molecule has 0 aromatic heterocycles. The van der Waals surface area contributed by atoms with Crippen molar-refractivity contribution in [3.8, 4) is 22.6 Å². The lowest BCUT2D eigenvalue weighted by Crippen LogP contribution is -2.12. The van der Waals surface area contributed by atoms with Crippen LogP contribution in [0.4, 0.5) is 4.39 Å². The van der Waals surface area contributed by atoms with E-state index in [9.17, 15) is 14.0 Å². The van der Waals surface area contributed by atoms with Crippen molar-refractivity contribution < 1.29 is 28.2 Å². The van der Waals surface area contributed by atoms with Crippen molar-refractivity contribution in [3.05, 3.63) is 84.2 Å². The maximum absolute atomic E-state index is 12.8. The van der Waals surface area contributed by atoms with Crippen LogP contribution in [0.5, 0.6) is 11.5 Å². The zero-order valence-electron chi connectivity index (χ0n) is 15.8. The molecule has 0 atom stereocenters. The molecule has 0 aliphatic rings. The van der Waals surface area contributed by atoms with Gasteiger partial charge in [-0.3, -0.25) is 4.79 Å². The van der Waals surface area contributed by atoms with Gasteiger partial charge in [0.15, 0.2) is 0 Å². The monoisotopic (exact) mass is 394 g/mol. The van der Waals surface area contributed by atoms with Gasteiger partial charge < -0.3 is 14.2 Å². The van der Waals surface area contributed by atoms with E-state index >= 15 is 0 Å². The number of esters is 2. The zero-order chi connectivity index (χ0) is 20.6. The Labute approximate surface area is 167 Å². The Bertz CT molecular complexity index is 964. The number of ether oxygens (including phenoxy) is 3. The van der Waals surface area contributed by atoms with Gasteiger partial charge in [0.05, 0.1) is 5.56 Å². The molecule has 148 valence electrons. The van der Waals surface area contributed by atoms with Crippen molar-refractivity contribution >= 4 is 11.9 Å². The molecular formula is C23H19FO5. The molecule has 0 heterocycles. The summed E-state index contributed by atoms with van der Waals surface area (Å²) in [5.41, 5.74) is 2.26. The van der Waals surface area contributed by atoms with Crippen LogP contribution in [0, 0.1) is 5.82 Å². The summed E-state index contributed by atoms with van der Waals surface area (Å²) < 4.78 is 28.4. The standard InChI is InChI=1S/C23H19FO5/c1-16(25)29-22-10-6-18(7-11-22)17-2-4-19(5-3-17)23(26)28-15-14-27-21-12-8-20(24)9-13-21/h2-13H,14-15H2,1H3. The van der Waals surface area contributed by atoms with Crippen LogP contribution in [0.1, 0.15) is 17.3 Å². The van der Waals surface area contributed by atoms with E-state index in [1.165, 1.54) is 31.2 Å². The van der Waals surface area contributed by atoms with Crippen molar-refractivity contribution in [2.24, 2.45) is 0 Å². The second-order valence-corrected chi connectivity index (χ2v) is 6.13. The van der Waals surface area contributed by atoms with Gasteiger partial charge >= 0.3 is 11.9 Å². The topological polar surface area (TPSA) is 61.8 Å². The third kappa shape index (κ3) is 5.90. The van der Waals surface area contributed by atoms with Crippen LogP contribution in [0.25, 0.3) is 11.1 Å². The van der Waals surface area contributed by atoms with E-state index in [4.69, 9.17) is 14.2 Å². The molecule has 3 aromatic carbocycles. The Balaban J connectivity index is 1.50. The van der Waals surface area contributed by atoms with Crippen molar-refractivity contribution in [1.29, 1.82) is 0 Å². The summed E-state index contributed by atoms with van der Waals surface area (Å²) in [6, 6.07) is 19.7. The normalized spacial score (nSPS) is 10.3. The maximum Gasteiger partial charge on any atom is 0.338 e. The minimum atomic E-state index is -0.454. The Morgan fingerprint density at radius 1 is 0.759 bits per heavy atom. The number of rotatable bonds is 7. The molecule has 0 fully saturated rings. The summed E-state index contributed by atoms with van der Waals surface area (Å²) >= 11 is 0. The molecule has 3 aromatic rings. The van der Waals surface area contributed by atoms with Crippen molar-refractivity contribution in [1.82, 2.24) is 0 Å². The summed E-state index contributed by atoms with van der Waals surface area (Å²) in [4.78, 5) is 23.1. The van der Waals surface area contributed by atoms with Gasteiger partial charge in [-0.2, -0.15) is 0 Å². The quantitative estimate of drug-likeness (QED) is 0.332. The highest BCUT2D eigenvalue weighted by atomic mass is 19.1. The maximum atomic E-state index is 12.8. The molecule has 0 spiro atoms. The summed E-state index contributed by atoms with van der Waals surface area (Å²) in [7, 11) is 0. The fraction of sp³-hybridized carbons (Fsp3) is 0.130. The Morgan fingerprint density at radius 2 is 1.31 bits per heavy atom. The van der Waals surface area contributed by atoms with Gasteiger partial charge in [-0.05, 0) is 59.7 Å². The Morgan fingerprint density at radius 3 is 1.90 bits per heavy atom. The molecule has 6 heteroatoms. The predicted octanol–water partition coefficient (Wildman–Crippen LogP) is 4.65. The first-order valence-electron chi connectivity index (χ1n) is 8.96. The second-order valence-electron chi connectivity index (χ2n) is 6.13. The van der Waals surface area contributed by atoms with Crippen LogP contribution in [-0.4, -0.2) is 25.2 Å². The molecule has 0 aliphatic heterocycles. The largest absolute Gasteiger partial charge is 0.490 e. The number of hydrogen-bond donors (Lipinski definition) is 0. The molecule has 0 aliphatic carbocycles. The van der Waals surface area contributed by atoms with E-state index < -0.39 is 5.97 Å². The first-order valence-corrected chi connectivity index (χ1v) is 8.96. The molecule has 5 nitrogen and oxygen atoms in total. The molecule has 0 N–H and O–H groups in total. The van der Waals surface area contributed by atoms with Gasteiger partial charge in [0.2, 0.25) is 0 Å². The van der Waals surface area contributed by atoms with Crippen molar-refractivity contribution in [3.63, 3.8) is 0 Å². The lowest BCUT2D eigenvalue weighted by molar-refractivity contribution is -0.131. The van der Waals surface area contributed by atoms with Gasteiger partial charge in [-0.15, -0.1) is 0 Å². The smallest absolute Gasteiger partial charge is 0.338 e. The van der Waals surface area contributed by atoms with Crippen LogP contribution < -0.4 is 9.47 Å². The van der Waals surface area contributed by atoms with Gasteiger partial charge in [0.1, 0.15) is 30.5 Å². The van der Waals surface area contributed by atoms with E-state index in [0.29, 0.717) is 17.1 Å². The molecule has 0 saturated heterocycles. The van der Waals surface area contributed by atoms with Gasteiger partial charge in [0, 0.05) is 6.92 Å². The Kier molecular flexibility index (Phi) is 6.58. The predicted molar refractivity (Wildman–Crippen MR) is 105 cm³/mol. The molecule has 0 saturated carbocycles. The van der Waals surface area contributed by atoms with Crippen LogP contribution in [-0.2, 0) is 9.53 Å². The number of benzene rings is 3. The van der Waals surface area contributed by atoms with E-state index in [1.54, 1.807) is 24.3 Å².